The molecule has 3 rings (SSSR count). The lowest BCUT2D eigenvalue weighted by atomic mass is 10.3. The number of fused-ring (bicyclic) bond motifs is 1. The van der Waals surface area contributed by atoms with Gasteiger partial charge in [0, 0.05) is 22.8 Å². The van der Waals surface area contributed by atoms with Crippen molar-refractivity contribution in [1.82, 2.24) is 14.8 Å². The molecule has 0 fully saturated rings. The summed E-state index contributed by atoms with van der Waals surface area (Å²) in [6.45, 7) is 0. The van der Waals surface area contributed by atoms with Gasteiger partial charge >= 0.3 is 0 Å². The molecule has 0 bridgehead atoms. The van der Waals surface area contributed by atoms with Gasteiger partial charge in [-0.25, -0.2) is 4.98 Å². The predicted molar refractivity (Wildman–Crippen MR) is 80.0 cm³/mol. The first-order valence-electron chi connectivity index (χ1n) is 5.92. The van der Waals surface area contributed by atoms with E-state index in [-0.39, 0.29) is 12.3 Å². The second kappa shape index (κ2) is 5.52. The summed E-state index contributed by atoms with van der Waals surface area (Å²) in [6, 6.07) is 7.12. The molecule has 3 aromatic rings. The topological polar surface area (TPSA) is 58.4 Å². The third-order valence-corrected chi connectivity index (χ3v) is 3.66. The van der Waals surface area contributed by atoms with Crippen LogP contribution in [0.5, 0.6) is 0 Å². The highest BCUT2D eigenvalue weighted by atomic mass is 35.5. The molecule has 5 nitrogen and oxygen atoms in total. The normalized spacial score (nSPS) is 10.7. The average molecular weight is 307 g/mol. The number of benzene rings is 1. The van der Waals surface area contributed by atoms with E-state index in [0.29, 0.717) is 5.02 Å². The smallest absolute Gasteiger partial charge is 0.244 e. The number of nitrogens with zero attached hydrogens (tertiary/aromatic N) is 2. The van der Waals surface area contributed by atoms with Crippen LogP contribution in [0.4, 0.5) is 5.69 Å². The molecule has 2 N–H and O–H groups in total. The van der Waals surface area contributed by atoms with E-state index in [1.165, 1.54) is 11.3 Å². The molecular weight excluding hydrogens is 296 g/mol. The number of thiazole rings is 1. The van der Waals surface area contributed by atoms with Crippen LogP contribution in [-0.2, 0) is 11.2 Å². The van der Waals surface area contributed by atoms with Crippen LogP contribution in [0.3, 0.4) is 0 Å². The number of nitrogens with one attached hydrogen (secondary N) is 2. The van der Waals surface area contributed by atoms with E-state index in [1.807, 2.05) is 28.2 Å². The monoisotopic (exact) mass is 306 g/mol. The Kier molecular flexibility index (Phi) is 3.58. The molecule has 0 radical (unpaired) electrons. The van der Waals surface area contributed by atoms with Crippen molar-refractivity contribution >= 4 is 39.5 Å². The van der Waals surface area contributed by atoms with Crippen molar-refractivity contribution in [3.8, 4) is 0 Å². The van der Waals surface area contributed by atoms with Crippen LogP contribution in [0.15, 0.2) is 42.0 Å². The van der Waals surface area contributed by atoms with E-state index < -0.39 is 0 Å². The second-order valence-electron chi connectivity index (χ2n) is 4.19. The van der Waals surface area contributed by atoms with Gasteiger partial charge in [-0.1, -0.05) is 17.7 Å². The zero-order valence-electron chi connectivity index (χ0n) is 10.3. The Labute approximate surface area is 124 Å². The van der Waals surface area contributed by atoms with Crippen LogP contribution in [0.1, 0.15) is 5.69 Å². The minimum Gasteiger partial charge on any atom is -0.299 e. The highest BCUT2D eigenvalue weighted by Crippen LogP contribution is 2.14. The molecular formula is C13H11ClN4OS. The molecule has 0 aliphatic carbocycles. The molecule has 0 spiro atoms. The fourth-order valence-electron chi connectivity index (χ4n) is 1.78. The molecule has 0 atom stereocenters. The van der Waals surface area contributed by atoms with Crippen LogP contribution in [0.2, 0.25) is 5.02 Å². The number of hydrogen-bond acceptors (Lipinski definition) is 4. The molecule has 0 saturated carbocycles. The first-order valence-corrected chi connectivity index (χ1v) is 7.18. The number of hydrazine groups is 1. The van der Waals surface area contributed by atoms with Crippen molar-refractivity contribution in [1.29, 1.82) is 0 Å². The first kappa shape index (κ1) is 13.0. The minimum atomic E-state index is -0.157. The summed E-state index contributed by atoms with van der Waals surface area (Å²) >= 11 is 7.40. The Balaban J connectivity index is 1.58. The summed E-state index contributed by atoms with van der Waals surface area (Å²) in [5, 5.41) is 2.56. The Hall–Kier alpha value is -2.05. The molecule has 0 saturated heterocycles. The maximum absolute atomic E-state index is 11.8. The van der Waals surface area contributed by atoms with Gasteiger partial charge in [-0.05, 0) is 18.2 Å². The molecule has 1 amide bonds. The lowest BCUT2D eigenvalue weighted by Crippen LogP contribution is -2.30. The van der Waals surface area contributed by atoms with E-state index in [9.17, 15) is 4.79 Å². The lowest BCUT2D eigenvalue weighted by molar-refractivity contribution is -0.120. The summed E-state index contributed by atoms with van der Waals surface area (Å²) in [4.78, 5) is 17.1. The quantitative estimate of drug-likeness (QED) is 0.729. The molecule has 2 heterocycles. The van der Waals surface area contributed by atoms with Crippen molar-refractivity contribution in [2.24, 2.45) is 0 Å². The van der Waals surface area contributed by atoms with Gasteiger partial charge < -0.3 is 0 Å². The summed E-state index contributed by atoms with van der Waals surface area (Å²) in [6.07, 6.45) is 3.99. The number of anilines is 1. The van der Waals surface area contributed by atoms with Gasteiger partial charge in [-0.2, -0.15) is 0 Å². The van der Waals surface area contributed by atoms with E-state index in [4.69, 9.17) is 11.6 Å². The largest absolute Gasteiger partial charge is 0.299 e. The van der Waals surface area contributed by atoms with Crippen LogP contribution in [-0.4, -0.2) is 15.3 Å². The number of carbonyl (C=O) groups is 1. The highest BCUT2D eigenvalue weighted by molar-refractivity contribution is 7.15. The first-order chi connectivity index (χ1) is 9.70. The number of aromatic nitrogens is 2. The van der Waals surface area contributed by atoms with Gasteiger partial charge in [0.15, 0.2) is 4.96 Å². The summed E-state index contributed by atoms with van der Waals surface area (Å²) in [5.41, 5.74) is 6.91. The number of carbonyl (C=O) groups excluding carboxylic acids is 1. The Morgan fingerprint density at radius 3 is 3.15 bits per heavy atom. The third-order valence-electron chi connectivity index (χ3n) is 2.66. The number of imidazole rings is 1. The van der Waals surface area contributed by atoms with Gasteiger partial charge in [0.2, 0.25) is 5.91 Å². The van der Waals surface area contributed by atoms with Crippen molar-refractivity contribution in [3.63, 3.8) is 0 Å². The molecule has 102 valence electrons. The van der Waals surface area contributed by atoms with Crippen molar-refractivity contribution in [3.05, 3.63) is 52.8 Å². The Morgan fingerprint density at radius 2 is 2.35 bits per heavy atom. The minimum absolute atomic E-state index is 0.157. The predicted octanol–water partition coefficient (Wildman–Crippen LogP) is 2.74. The molecule has 2 aromatic heterocycles. The van der Waals surface area contributed by atoms with E-state index >= 15 is 0 Å². The SMILES string of the molecule is O=C(Cc1cn2ccsc2n1)NNc1cccc(Cl)c1. The second-order valence-corrected chi connectivity index (χ2v) is 5.49. The Morgan fingerprint density at radius 1 is 1.45 bits per heavy atom. The molecule has 20 heavy (non-hydrogen) atoms. The zero-order chi connectivity index (χ0) is 13.9. The number of amides is 1. The molecule has 1 aromatic carbocycles. The van der Waals surface area contributed by atoms with Crippen molar-refractivity contribution in [2.45, 2.75) is 6.42 Å². The summed E-state index contributed by atoms with van der Waals surface area (Å²) in [7, 11) is 0. The lowest BCUT2D eigenvalue weighted by Gasteiger charge is -2.07. The average Bonchev–Trinajstić information content (AvgIpc) is 2.97. The van der Waals surface area contributed by atoms with E-state index in [2.05, 4.69) is 15.8 Å². The van der Waals surface area contributed by atoms with Crippen LogP contribution >= 0.6 is 22.9 Å². The fourth-order valence-corrected chi connectivity index (χ4v) is 2.69. The van der Waals surface area contributed by atoms with E-state index in [1.54, 1.807) is 18.2 Å². The van der Waals surface area contributed by atoms with Gasteiger partial charge in [0.05, 0.1) is 17.8 Å². The van der Waals surface area contributed by atoms with Gasteiger partial charge in [-0.15, -0.1) is 11.3 Å². The van der Waals surface area contributed by atoms with Crippen molar-refractivity contribution < 1.29 is 4.79 Å². The molecule has 0 aliphatic heterocycles. The molecule has 0 unspecified atom stereocenters. The number of halogens is 1. The summed E-state index contributed by atoms with van der Waals surface area (Å²) in [5.74, 6) is -0.157. The third kappa shape index (κ3) is 2.92. The molecule has 0 aliphatic rings. The van der Waals surface area contributed by atoms with Crippen LogP contribution in [0.25, 0.3) is 4.96 Å². The van der Waals surface area contributed by atoms with Crippen LogP contribution in [0, 0.1) is 0 Å². The maximum atomic E-state index is 11.8. The summed E-state index contributed by atoms with van der Waals surface area (Å²) < 4.78 is 1.90. The van der Waals surface area contributed by atoms with Gasteiger partial charge in [0.1, 0.15) is 0 Å². The van der Waals surface area contributed by atoms with Gasteiger partial charge in [0.25, 0.3) is 0 Å². The van der Waals surface area contributed by atoms with Gasteiger partial charge in [-0.3, -0.25) is 20.0 Å². The van der Waals surface area contributed by atoms with Crippen molar-refractivity contribution in [2.75, 3.05) is 5.43 Å². The maximum Gasteiger partial charge on any atom is 0.244 e. The molecule has 7 heteroatoms. The fraction of sp³-hybridized carbons (Fsp3) is 0.0769. The Bertz CT molecular complexity index is 723. The van der Waals surface area contributed by atoms with E-state index in [0.717, 1.165) is 16.3 Å². The standard InChI is InChI=1S/C13H11ClN4OS/c14-9-2-1-3-10(6-9)16-17-12(19)7-11-8-18-4-5-20-13(18)15-11/h1-6,8,16H,7H2,(H,17,19). The zero-order valence-corrected chi connectivity index (χ0v) is 11.9. The number of hydrogen-bond donors (Lipinski definition) is 2. The highest BCUT2D eigenvalue weighted by Gasteiger charge is 2.08. The van der Waals surface area contributed by atoms with Crippen LogP contribution < -0.4 is 10.9 Å². The number of rotatable bonds is 4.